The molecule has 6 aromatic carbocycles. The van der Waals surface area contributed by atoms with Crippen LogP contribution in [0.15, 0.2) is 133 Å². The normalized spacial score (nSPS) is 10.4. The predicted molar refractivity (Wildman–Crippen MR) is 309 cm³/mol. The number of hydrogen-bond acceptors (Lipinski definition) is 0. The van der Waals surface area contributed by atoms with Gasteiger partial charge >= 0.3 is 0 Å². The van der Waals surface area contributed by atoms with Crippen LogP contribution in [0.4, 0.5) is 0 Å². The van der Waals surface area contributed by atoms with Crippen molar-refractivity contribution in [1.29, 1.82) is 0 Å². The lowest BCUT2D eigenvalue weighted by Crippen LogP contribution is -2.16. The zero-order valence-corrected chi connectivity index (χ0v) is 46.7. The van der Waals surface area contributed by atoms with Crippen molar-refractivity contribution in [3.63, 3.8) is 0 Å². The highest BCUT2D eigenvalue weighted by Gasteiger charge is 2.10. The molecule has 0 spiro atoms. The molecule has 0 atom stereocenters. The molecule has 6 rings (SSSR count). The first-order chi connectivity index (χ1) is 33.1. The molecule has 0 aromatic heterocycles. The van der Waals surface area contributed by atoms with Crippen LogP contribution in [0.3, 0.4) is 0 Å². The Hall–Kier alpha value is -7.77. The lowest BCUT2D eigenvalue weighted by molar-refractivity contribution is 1.53. The fourth-order valence-corrected chi connectivity index (χ4v) is 8.07. The van der Waals surface area contributed by atoms with Crippen molar-refractivity contribution >= 4 is 32.3 Å². The van der Waals surface area contributed by atoms with E-state index in [1.54, 1.807) is 0 Å². The van der Waals surface area contributed by atoms with Gasteiger partial charge in [-0.1, -0.05) is 161 Å². The average Bonchev–Trinajstić information content (AvgIpc) is 3.31. The van der Waals surface area contributed by atoms with Gasteiger partial charge in [-0.15, -0.1) is 22.2 Å². The van der Waals surface area contributed by atoms with Crippen LogP contribution in [0.5, 0.6) is 0 Å². The van der Waals surface area contributed by atoms with Gasteiger partial charge in [-0.25, -0.2) is 0 Å². The third-order valence-corrected chi connectivity index (χ3v) is 13.0. The summed E-state index contributed by atoms with van der Waals surface area (Å²) in [7, 11) is -5.93. The van der Waals surface area contributed by atoms with Crippen LogP contribution in [-0.2, 0) is 0 Å². The fraction of sp³-hybridized carbons (Fsp3) is 0.182. The predicted octanol–water partition coefficient (Wildman–Crippen LogP) is 13.6. The van der Waals surface area contributed by atoms with Gasteiger partial charge in [0.05, 0.1) is 0 Å². The van der Waals surface area contributed by atoms with Crippen LogP contribution < -0.4 is 0 Å². The maximum atomic E-state index is 3.44. The maximum Gasteiger partial charge on any atom is 0.129 e. The molecular formula is C66H58Si4. The molecule has 0 amide bonds. The monoisotopic (exact) mass is 962 g/mol. The van der Waals surface area contributed by atoms with Crippen LogP contribution in [0.2, 0.25) is 78.6 Å². The summed E-state index contributed by atoms with van der Waals surface area (Å²) in [5.74, 6) is 47.2. The molecule has 0 saturated carbocycles. The van der Waals surface area contributed by atoms with E-state index in [2.05, 4.69) is 184 Å². The topological polar surface area (TPSA) is 0 Å². The van der Waals surface area contributed by atoms with E-state index < -0.39 is 32.3 Å². The van der Waals surface area contributed by atoms with Crippen molar-refractivity contribution in [2.24, 2.45) is 0 Å². The van der Waals surface area contributed by atoms with Gasteiger partial charge in [-0.05, 0) is 133 Å². The molecule has 0 heterocycles. The van der Waals surface area contributed by atoms with Crippen molar-refractivity contribution in [3.05, 3.63) is 211 Å². The second-order valence-corrected chi connectivity index (χ2v) is 40.2. The first-order valence-corrected chi connectivity index (χ1v) is 37.5. The second kappa shape index (κ2) is 23.0. The molecule has 0 aliphatic carbocycles. The minimum atomic E-state index is -1.48. The number of benzene rings is 6. The van der Waals surface area contributed by atoms with Crippen LogP contribution >= 0.6 is 0 Å². The van der Waals surface area contributed by atoms with Gasteiger partial charge in [0.15, 0.2) is 0 Å². The lowest BCUT2D eigenvalue weighted by Gasteiger charge is -2.03. The summed E-state index contributed by atoms with van der Waals surface area (Å²) in [6, 6.07) is 44.6. The summed E-state index contributed by atoms with van der Waals surface area (Å²) in [6.45, 7) is 27.0. The molecule has 0 radical (unpaired) electrons. The Labute approximate surface area is 424 Å². The third kappa shape index (κ3) is 19.1. The highest BCUT2D eigenvalue weighted by Crippen LogP contribution is 2.15. The van der Waals surface area contributed by atoms with E-state index in [-0.39, 0.29) is 0 Å². The van der Waals surface area contributed by atoms with Gasteiger partial charge in [0.2, 0.25) is 0 Å². The quantitative estimate of drug-likeness (QED) is 0.105. The Bertz CT molecular complexity index is 3050. The van der Waals surface area contributed by atoms with Crippen molar-refractivity contribution in [3.8, 4) is 105 Å². The SMILES string of the molecule is C[Si](C)(C)C#Cc1ccc(C#Cc2cc(C#Cc3ccc(C#C[Si](C)(C)C)cc3)cc(C#Cc3cc(C#Cc4ccc(C#C[Si](C)(C)C)cc4)cc(C#Cc4ccc(C#C[Si](C)(C)C)cc4)c3)c2)cc1. The Morgan fingerprint density at radius 2 is 0.286 bits per heavy atom. The first-order valence-electron chi connectivity index (χ1n) is 23.5. The van der Waals surface area contributed by atoms with E-state index in [1.165, 1.54) is 0 Å². The zero-order valence-electron chi connectivity index (χ0n) is 42.7. The Morgan fingerprint density at radius 1 is 0.171 bits per heavy atom. The molecule has 6 aromatic rings. The summed E-state index contributed by atoms with van der Waals surface area (Å²) in [5.41, 5.74) is 26.2. The molecule has 70 heavy (non-hydrogen) atoms. The molecule has 0 aliphatic rings. The van der Waals surface area contributed by atoms with Crippen molar-refractivity contribution in [1.82, 2.24) is 0 Å². The van der Waals surface area contributed by atoms with Crippen LogP contribution in [-0.4, -0.2) is 32.3 Å². The number of hydrogen-bond donors (Lipinski definition) is 0. The highest BCUT2D eigenvalue weighted by molar-refractivity contribution is 6.85. The minimum Gasteiger partial charge on any atom is -0.127 e. The first kappa shape index (κ1) is 51.6. The summed E-state index contributed by atoms with van der Waals surface area (Å²) >= 11 is 0. The van der Waals surface area contributed by atoms with E-state index >= 15 is 0 Å². The number of rotatable bonds is 0. The van der Waals surface area contributed by atoms with Gasteiger partial charge in [-0.2, -0.15) is 0 Å². The van der Waals surface area contributed by atoms with E-state index in [1.807, 2.05) is 133 Å². The van der Waals surface area contributed by atoms with Crippen molar-refractivity contribution < 1.29 is 0 Å². The molecule has 0 aliphatic heterocycles. The van der Waals surface area contributed by atoms with Gasteiger partial charge < -0.3 is 0 Å². The highest BCUT2D eigenvalue weighted by atomic mass is 28.3. The molecule has 4 heteroatoms. The Balaban J connectivity index is 1.38. The largest absolute Gasteiger partial charge is 0.129 e. The van der Waals surface area contributed by atoms with Gasteiger partial charge in [0, 0.05) is 77.9 Å². The molecular weight excluding hydrogens is 905 g/mol. The zero-order chi connectivity index (χ0) is 50.4. The average molecular weight is 964 g/mol. The lowest BCUT2D eigenvalue weighted by atomic mass is 10.0. The summed E-state index contributed by atoms with van der Waals surface area (Å²) in [6.07, 6.45) is 0. The maximum absolute atomic E-state index is 3.44. The smallest absolute Gasteiger partial charge is 0.127 e. The summed E-state index contributed by atoms with van der Waals surface area (Å²) in [5, 5.41) is 0. The van der Waals surface area contributed by atoms with Gasteiger partial charge in [0.25, 0.3) is 0 Å². The second-order valence-electron chi connectivity index (χ2n) is 21.2. The summed E-state index contributed by atoms with van der Waals surface area (Å²) < 4.78 is 0. The summed E-state index contributed by atoms with van der Waals surface area (Å²) in [4.78, 5) is 0. The van der Waals surface area contributed by atoms with E-state index in [0.29, 0.717) is 0 Å². The fourth-order valence-electron chi connectivity index (χ4n) is 6.00. The van der Waals surface area contributed by atoms with Gasteiger partial charge in [0.1, 0.15) is 32.3 Å². The molecule has 0 N–H and O–H groups in total. The van der Waals surface area contributed by atoms with Crippen LogP contribution in [0.25, 0.3) is 0 Å². The molecule has 0 unspecified atom stereocenters. The molecule has 0 nitrogen and oxygen atoms in total. The van der Waals surface area contributed by atoms with E-state index in [9.17, 15) is 0 Å². The minimum absolute atomic E-state index is 0.795. The molecule has 0 saturated heterocycles. The van der Waals surface area contributed by atoms with E-state index in [0.717, 1.165) is 77.9 Å². The molecule has 0 bridgehead atoms. The van der Waals surface area contributed by atoms with E-state index in [4.69, 9.17) is 0 Å². The van der Waals surface area contributed by atoms with Crippen LogP contribution in [0, 0.1) is 105 Å². The van der Waals surface area contributed by atoms with Crippen LogP contribution in [0.1, 0.15) is 77.9 Å². The molecule has 338 valence electrons. The third-order valence-electron chi connectivity index (χ3n) is 9.49. The Morgan fingerprint density at radius 3 is 0.414 bits per heavy atom. The van der Waals surface area contributed by atoms with Crippen molar-refractivity contribution in [2.45, 2.75) is 78.6 Å². The van der Waals surface area contributed by atoms with Gasteiger partial charge in [-0.3, -0.25) is 0 Å². The molecule has 0 fully saturated rings. The Kier molecular flexibility index (Phi) is 17.0. The van der Waals surface area contributed by atoms with Crippen molar-refractivity contribution in [2.75, 3.05) is 0 Å². The standard InChI is InChI=1S/C66H58Si4/c1-67(2,3)43-39-57-21-13-53(14-22-57)29-33-61-47-62(34-30-54-15-23-58(24-16-54)40-44-68(4,5)6)50-65(49-61)37-38-66-51-63(35-31-55-17-25-59(26-18-55)41-45-69(7,8)9)48-64(52-66)36-32-56-19-27-60(28-20-56)42-46-70(10,11)12/h13-28,47-52H,1-12H3.